The van der Waals surface area contributed by atoms with Crippen LogP contribution >= 0.6 is 23.2 Å². The van der Waals surface area contributed by atoms with Crippen LogP contribution in [0, 0.1) is 39.9 Å². The summed E-state index contributed by atoms with van der Waals surface area (Å²) >= 11 is 0. The molecule has 8 aliphatic rings. The van der Waals surface area contributed by atoms with Crippen LogP contribution in [-0.4, -0.2) is 205 Å². The van der Waals surface area contributed by atoms with Crippen LogP contribution in [0.15, 0.2) is 74.5 Å². The topological polar surface area (TPSA) is 572 Å². The normalized spacial score (nSPS) is 34.3. The van der Waals surface area contributed by atoms with Crippen LogP contribution in [0.1, 0.15) is 161 Å². The molecule has 0 bridgehead atoms. The van der Waals surface area contributed by atoms with Crippen LogP contribution < -0.4 is 45.0 Å². The van der Waals surface area contributed by atoms with E-state index in [1.165, 1.54) is 67.6 Å². The lowest BCUT2D eigenvalue weighted by Crippen LogP contribution is -2.66. The van der Waals surface area contributed by atoms with Gasteiger partial charge in [0.25, 0.3) is 11.1 Å². The third kappa shape index (κ3) is 16.2. The van der Waals surface area contributed by atoms with Gasteiger partial charge in [0, 0.05) is 62.4 Å². The van der Waals surface area contributed by atoms with Crippen LogP contribution in [0.4, 0.5) is 17.6 Å². The third-order valence-electron chi connectivity index (χ3n) is 26.8. The zero-order valence-corrected chi connectivity index (χ0v) is 68.0. The minimum absolute atomic E-state index is 0.0271. The Hall–Kier alpha value is -7.25. The molecule has 7 aromatic heterocycles. The summed E-state index contributed by atoms with van der Waals surface area (Å²) < 4.78 is 115. The van der Waals surface area contributed by atoms with Crippen LogP contribution in [0.5, 0.6) is 0 Å². The van der Waals surface area contributed by atoms with Gasteiger partial charge in [-0.15, -0.1) is 5.10 Å². The Kier molecular flexibility index (Phi) is 23.4. The summed E-state index contributed by atoms with van der Waals surface area (Å²) in [6, 6.07) is 1.57. The molecule has 0 amide bonds. The first-order valence-electron chi connectivity index (χ1n) is 39.1. The average Bonchev–Trinajstić information content (AvgIpc) is 1.35. The highest BCUT2D eigenvalue weighted by Crippen LogP contribution is 2.81. The quantitative estimate of drug-likeness (QED) is 0.0165. The minimum Gasteiger partial charge on any atom is -0.393 e. The van der Waals surface area contributed by atoms with Gasteiger partial charge < -0.3 is 80.4 Å². The maximum absolute atomic E-state index is 14.6. The Labute approximate surface area is 663 Å². The van der Waals surface area contributed by atoms with Gasteiger partial charge in [-0.05, 0) is 111 Å². The maximum atomic E-state index is 14.6. The van der Waals surface area contributed by atoms with Crippen LogP contribution in [-0.2, 0) is 77.8 Å². The van der Waals surface area contributed by atoms with Crippen molar-refractivity contribution in [2.24, 2.45) is 33.0 Å². The molecule has 4 unspecified atom stereocenters. The smallest absolute Gasteiger partial charge is 0.393 e. The summed E-state index contributed by atoms with van der Waals surface area (Å²) in [7, 11) is -15.4. The number of aliphatic hydroxyl groups excluding tert-OH is 2. The van der Waals surface area contributed by atoms with Gasteiger partial charge in [0.2, 0.25) is 5.95 Å². The van der Waals surface area contributed by atoms with E-state index in [4.69, 9.17) is 68.2 Å². The molecule has 4 saturated heterocycles. The average molecular weight is 1680 g/mol. The van der Waals surface area contributed by atoms with E-state index in [-0.39, 0.29) is 125 Å². The number of anilines is 3. The fourth-order valence-electron chi connectivity index (χ4n) is 19.8. The lowest BCUT2D eigenvalue weighted by molar-refractivity contribution is -0.221. The number of nitrogens with two attached hydrogens (primary N) is 3. The molecular formula is C71H102N19O23P3. The number of phosphoric acid groups is 2. The molecule has 634 valence electrons. The van der Waals surface area contributed by atoms with E-state index in [2.05, 4.69) is 103 Å². The van der Waals surface area contributed by atoms with Crippen molar-refractivity contribution >= 4 is 63.2 Å². The highest BCUT2D eigenvalue weighted by molar-refractivity contribution is 7.52. The van der Waals surface area contributed by atoms with E-state index in [0.29, 0.717) is 24.7 Å². The molecule has 7 aromatic rings. The molecular weight excluding hydrogens is 1580 g/mol. The van der Waals surface area contributed by atoms with Gasteiger partial charge in [-0.1, -0.05) is 51.5 Å². The number of aryl methyl sites for hydroxylation is 1. The first kappa shape index (κ1) is 83.8. The van der Waals surface area contributed by atoms with E-state index in [9.17, 15) is 57.8 Å². The minimum atomic E-state index is -5.40. The van der Waals surface area contributed by atoms with Gasteiger partial charge in [-0.2, -0.15) is 9.97 Å². The highest BCUT2D eigenvalue weighted by Gasteiger charge is 2.74. The van der Waals surface area contributed by atoms with Gasteiger partial charge in [0.15, 0.2) is 22.6 Å². The van der Waals surface area contributed by atoms with Crippen molar-refractivity contribution in [3.63, 3.8) is 0 Å². The Morgan fingerprint density at radius 3 is 2.05 bits per heavy atom. The van der Waals surface area contributed by atoms with E-state index >= 15 is 0 Å². The third-order valence-corrected chi connectivity index (χ3v) is 30.3. The molecule has 42 nitrogen and oxygen atoms in total. The summed E-state index contributed by atoms with van der Waals surface area (Å²) in [5.41, 5.74) is 17.9. The lowest BCUT2D eigenvalue weighted by Gasteiger charge is -2.73. The zero-order chi connectivity index (χ0) is 82.4. The maximum Gasteiger partial charge on any atom is 0.472 e. The summed E-state index contributed by atoms with van der Waals surface area (Å²) in [6.45, 7) is 16.1. The van der Waals surface area contributed by atoms with E-state index < -0.39 is 152 Å². The van der Waals surface area contributed by atoms with Crippen LogP contribution in [0.2, 0.25) is 0 Å². The number of aromatic nitrogens is 15. The predicted octanol–water partition coefficient (Wildman–Crippen LogP) is 4.21. The number of nitrogens with zero attached hydrogens (tertiary/aromatic N) is 13. The molecule has 116 heavy (non-hydrogen) atoms. The van der Waals surface area contributed by atoms with Crippen molar-refractivity contribution in [1.82, 2.24) is 78.5 Å². The second-order valence-corrected chi connectivity index (χ2v) is 37.8. The lowest BCUT2D eigenvalue weighted by atomic mass is 9.31. The first-order chi connectivity index (χ1) is 55.0. The number of allylic oxidation sites excluding steroid dienone is 1. The van der Waals surface area contributed by atoms with Crippen LogP contribution in [0.3, 0.4) is 0 Å². The molecule has 3 saturated carbocycles. The van der Waals surface area contributed by atoms with Crippen LogP contribution in [0.25, 0.3) is 22.3 Å². The van der Waals surface area contributed by atoms with Gasteiger partial charge in [0.1, 0.15) is 67.0 Å². The Morgan fingerprint density at radius 2 is 1.32 bits per heavy atom. The fourth-order valence-corrected chi connectivity index (χ4v) is 23.1. The molecule has 4 aliphatic heterocycles. The van der Waals surface area contributed by atoms with Gasteiger partial charge in [-0.3, -0.25) is 60.5 Å². The fraction of sp³-hybridized carbons (Fsp3) is 0.690. The summed E-state index contributed by atoms with van der Waals surface area (Å²) in [4.78, 5) is 115. The standard InChI is InChI=1S/C71H102N19O23P3/c1-38-30-88(66(96)83-62(38)93)54-28-48(113-115(99,100)105-33-49-44(92)25-53(108-49)87-18-11-52(72)80-65(87)95)51(110-54)34-106-116(101,102)112-46-26-56(90-37-79-58-61(90)81-64(74)82-63(58)94)107-45(46)12-23-114(97,98)111-47-27-55(89-36-78-57-59(73)76-35-77-60(57)89)109-50(47)32-104-22-21-103-20-19-86-31-41(84-85-86)29-75-39(2)43-10-15-69(5)68(43,4)16-17-70(6)67(3)13-9-42(91)24-40(67)8-14-71(69,70)7/h8,11,18,30-31,35-37,39,42-51,53-56,75,91-92H,9-10,12-17,19-29,32-34H2,1-7H3,(H,97,98)(H,99,100)(H,101,102)(H2,72,80,95)(H2,73,76,77)(H,83,93,96)(H3,74,81,82,94)/t39-,42?,43+,44+,45+,46+,47+,48+,49+,50+,51+,53+,54+,55+,56+,67-,68+,69+,70+,71-/m0/s1. The summed E-state index contributed by atoms with van der Waals surface area (Å²) in [5, 5.41) is 34.3. The molecule has 7 fully saturated rings. The van der Waals surface area contributed by atoms with E-state index in [1.807, 2.05) is 6.20 Å². The molecule has 0 radical (unpaired) electrons. The van der Waals surface area contributed by atoms with Gasteiger partial charge in [0.05, 0.1) is 101 Å². The number of hydrogen-bond acceptors (Lipinski definition) is 32. The number of nitrogen functional groups attached to an aromatic ring is 3. The van der Waals surface area contributed by atoms with E-state index in [1.54, 1.807) is 9.25 Å². The number of H-pyrrole nitrogens is 2. The number of ether oxygens (including phenoxy) is 6. The largest absolute Gasteiger partial charge is 0.472 e. The monoisotopic (exact) mass is 1680 g/mol. The molecule has 11 heterocycles. The van der Waals surface area contributed by atoms with Crippen molar-refractivity contribution in [3.8, 4) is 0 Å². The molecule has 0 spiro atoms. The SMILES string of the molecule is Cc1cn([C@H]2C[C@@H](OP(=O)(O)OC[C@H]3O[C@@H](n4ccc(N)nc4=O)C[C@H]3O)[C@@H](COP(=O)(O)O[C@@H]3C[C@H](n4cnc5c(=O)[nH]c(N)nc54)O[C@@H]3CCP(=O)(O)O[C@@H]3C[C@H](n4cnc5c(N)ncnc54)O[C@@H]3COCCOCCn3cc(CN[C@@H](C)[C@H]4CC[C@@]5(C)[C@]6(C)CC=C7CC(O)CC[C@]7(C)[C@@]6(C)CC[C@]45C)nn3)O2)c(=O)[nH]c1=O. The number of rotatable bonds is 31. The zero-order valence-electron chi connectivity index (χ0n) is 65.3. The van der Waals surface area contributed by atoms with Crippen molar-refractivity contribution in [3.05, 3.63) is 108 Å². The van der Waals surface area contributed by atoms with Crippen molar-refractivity contribution in [1.29, 1.82) is 0 Å². The van der Waals surface area contributed by atoms with Gasteiger partial charge in [-0.25, -0.2) is 43.3 Å². The summed E-state index contributed by atoms with van der Waals surface area (Å²) in [6.07, 6.45) is 1.70. The Morgan fingerprint density at radius 1 is 0.672 bits per heavy atom. The number of aliphatic hydroxyl groups is 2. The highest BCUT2D eigenvalue weighted by atomic mass is 31.2. The number of hydrogen-bond donors (Lipinski definition) is 11. The number of aromatic amines is 2. The van der Waals surface area contributed by atoms with Crippen molar-refractivity contribution < 1.29 is 89.6 Å². The molecule has 14 N–H and O–H groups in total. The van der Waals surface area contributed by atoms with Crippen molar-refractivity contribution in [2.75, 3.05) is 63.0 Å². The molecule has 45 heteroatoms. The number of imidazole rings is 2. The second kappa shape index (κ2) is 32.4. The number of fused-ring (bicyclic) bond motifs is 7. The molecule has 23 atom stereocenters. The first-order valence-corrected chi connectivity index (χ1v) is 43.8. The number of nitrogens with one attached hydrogen (secondary N) is 3. The second-order valence-electron chi connectivity index (χ2n) is 33.1. The molecule has 15 rings (SSSR count). The Bertz CT molecular complexity index is 5240. The molecule has 4 aliphatic carbocycles. The number of phosphoric ester groups is 2. The Balaban J connectivity index is 0.571. The van der Waals surface area contributed by atoms with E-state index in [0.717, 1.165) is 53.1 Å². The van der Waals surface area contributed by atoms with Crippen molar-refractivity contribution in [2.45, 2.75) is 231 Å². The molecule has 0 aromatic carbocycles. The predicted molar refractivity (Wildman–Crippen MR) is 410 cm³/mol. The summed E-state index contributed by atoms with van der Waals surface area (Å²) in [5.74, 6) is 0.238. The van der Waals surface area contributed by atoms with Gasteiger partial charge >= 0.3 is 34.6 Å².